The summed E-state index contributed by atoms with van der Waals surface area (Å²) in [4.78, 5) is 17.5. The van der Waals surface area contributed by atoms with Crippen molar-refractivity contribution in [1.29, 1.82) is 0 Å². The second-order valence-corrected chi connectivity index (χ2v) is 6.92. The molecule has 16 heavy (non-hydrogen) atoms. The van der Waals surface area contributed by atoms with Crippen LogP contribution < -0.4 is 0 Å². The van der Waals surface area contributed by atoms with Crippen molar-refractivity contribution >= 4 is 7.82 Å². The van der Waals surface area contributed by atoms with Crippen molar-refractivity contribution < 1.29 is 18.9 Å². The van der Waals surface area contributed by atoms with Gasteiger partial charge < -0.3 is 9.79 Å². The Kier molecular flexibility index (Phi) is 4.23. The van der Waals surface area contributed by atoms with Gasteiger partial charge in [-0.3, -0.25) is 4.52 Å². The Bertz CT molecular complexity index is 284. The first-order valence-corrected chi connectivity index (χ1v) is 7.40. The van der Waals surface area contributed by atoms with Gasteiger partial charge in [-0.05, 0) is 36.0 Å². The summed E-state index contributed by atoms with van der Waals surface area (Å²) in [6.45, 7) is 8.74. The van der Waals surface area contributed by atoms with Gasteiger partial charge in [0.15, 0.2) is 0 Å². The first-order valence-electron chi connectivity index (χ1n) is 5.87. The summed E-state index contributed by atoms with van der Waals surface area (Å²) in [5, 5.41) is 0. The molecule has 1 rings (SSSR count). The lowest BCUT2D eigenvalue weighted by Crippen LogP contribution is -2.20. The van der Waals surface area contributed by atoms with Crippen molar-refractivity contribution in [1.82, 2.24) is 0 Å². The van der Waals surface area contributed by atoms with Gasteiger partial charge in [0.25, 0.3) is 0 Å². The highest BCUT2D eigenvalue weighted by molar-refractivity contribution is 7.46. The lowest BCUT2D eigenvalue weighted by molar-refractivity contribution is 0.125. The molecule has 2 unspecified atom stereocenters. The maximum absolute atomic E-state index is 10.7. The molecule has 0 aromatic carbocycles. The number of rotatable bonds is 6. The average molecular weight is 250 g/mol. The molecule has 0 heterocycles. The van der Waals surface area contributed by atoms with E-state index in [-0.39, 0.29) is 12.0 Å². The SMILES string of the molecule is CC(C)CC1CC1(COP(=O)(O)O)C(C)C. The van der Waals surface area contributed by atoms with Gasteiger partial charge in [-0.2, -0.15) is 0 Å². The van der Waals surface area contributed by atoms with Gasteiger partial charge >= 0.3 is 7.82 Å². The molecule has 0 amide bonds. The summed E-state index contributed by atoms with van der Waals surface area (Å²) in [7, 11) is -4.32. The van der Waals surface area contributed by atoms with Crippen molar-refractivity contribution in [2.24, 2.45) is 23.2 Å². The summed E-state index contributed by atoms with van der Waals surface area (Å²) in [6, 6.07) is 0. The van der Waals surface area contributed by atoms with Crippen molar-refractivity contribution in [2.45, 2.75) is 40.5 Å². The number of phosphoric acid groups is 1. The molecule has 0 aromatic rings. The highest BCUT2D eigenvalue weighted by Gasteiger charge is 2.56. The van der Waals surface area contributed by atoms with E-state index < -0.39 is 7.82 Å². The molecule has 0 spiro atoms. The van der Waals surface area contributed by atoms with E-state index in [9.17, 15) is 4.57 Å². The van der Waals surface area contributed by atoms with Gasteiger partial charge in [-0.15, -0.1) is 0 Å². The normalized spacial score (nSPS) is 30.1. The Morgan fingerprint density at radius 2 is 1.94 bits per heavy atom. The molecule has 0 aliphatic heterocycles. The minimum absolute atomic E-state index is 0.00854. The second kappa shape index (κ2) is 4.77. The third-order valence-electron chi connectivity index (χ3n) is 3.69. The van der Waals surface area contributed by atoms with Gasteiger partial charge in [0.2, 0.25) is 0 Å². The van der Waals surface area contributed by atoms with Crippen LogP contribution in [0, 0.1) is 23.2 Å². The van der Waals surface area contributed by atoms with Gasteiger partial charge in [0, 0.05) is 0 Å². The molecule has 2 atom stereocenters. The van der Waals surface area contributed by atoms with E-state index in [1.807, 2.05) is 0 Å². The summed E-state index contributed by atoms with van der Waals surface area (Å²) in [6.07, 6.45) is 2.14. The molecule has 5 heteroatoms. The van der Waals surface area contributed by atoms with Crippen molar-refractivity contribution in [3.05, 3.63) is 0 Å². The standard InChI is InChI=1S/C11H23O4P/c1-8(2)5-10-6-11(10,9(3)4)7-15-16(12,13)14/h8-10H,5-7H2,1-4H3,(H2,12,13,14). The van der Waals surface area contributed by atoms with Crippen LogP contribution in [0.15, 0.2) is 0 Å². The fourth-order valence-electron chi connectivity index (χ4n) is 2.54. The Morgan fingerprint density at radius 1 is 1.38 bits per heavy atom. The summed E-state index contributed by atoms with van der Waals surface area (Å²) < 4.78 is 15.4. The van der Waals surface area contributed by atoms with E-state index in [2.05, 4.69) is 27.7 Å². The molecule has 0 aromatic heterocycles. The first kappa shape index (κ1) is 14.2. The van der Waals surface area contributed by atoms with Crippen molar-refractivity contribution in [3.8, 4) is 0 Å². The lowest BCUT2D eigenvalue weighted by atomic mass is 9.88. The average Bonchev–Trinajstić information content (AvgIpc) is 2.74. The van der Waals surface area contributed by atoms with Crippen LogP contribution in [0.3, 0.4) is 0 Å². The van der Waals surface area contributed by atoms with E-state index in [1.54, 1.807) is 0 Å². The molecule has 0 radical (unpaired) electrons. The third-order valence-corrected chi connectivity index (χ3v) is 4.15. The molecule has 2 N–H and O–H groups in total. The molecular weight excluding hydrogens is 227 g/mol. The Labute approximate surface area is 97.6 Å². The highest BCUT2D eigenvalue weighted by Crippen LogP contribution is 2.61. The smallest absolute Gasteiger partial charge is 0.303 e. The lowest BCUT2D eigenvalue weighted by Gasteiger charge is -2.22. The highest BCUT2D eigenvalue weighted by atomic mass is 31.2. The van der Waals surface area contributed by atoms with Crippen LogP contribution in [0.4, 0.5) is 0 Å². The molecule has 1 saturated carbocycles. The fraction of sp³-hybridized carbons (Fsp3) is 1.00. The number of hydrogen-bond acceptors (Lipinski definition) is 2. The summed E-state index contributed by atoms with van der Waals surface area (Å²) in [5.41, 5.74) is -0.00854. The largest absolute Gasteiger partial charge is 0.469 e. The monoisotopic (exact) mass is 250 g/mol. The van der Waals surface area contributed by atoms with Crippen LogP contribution in [0.5, 0.6) is 0 Å². The zero-order chi connectivity index (χ0) is 12.6. The second-order valence-electron chi connectivity index (χ2n) is 5.68. The molecule has 0 saturated heterocycles. The predicted octanol–water partition coefficient (Wildman–Crippen LogP) is 2.80. The molecule has 0 bridgehead atoms. The van der Waals surface area contributed by atoms with Gasteiger partial charge in [-0.1, -0.05) is 27.7 Å². The van der Waals surface area contributed by atoms with Gasteiger partial charge in [-0.25, -0.2) is 4.57 Å². The molecule has 1 fully saturated rings. The molecule has 1 aliphatic rings. The van der Waals surface area contributed by atoms with Gasteiger partial charge in [0.1, 0.15) is 0 Å². The number of phosphoric ester groups is 1. The first-order chi connectivity index (χ1) is 7.17. The van der Waals surface area contributed by atoms with Crippen LogP contribution in [0.25, 0.3) is 0 Å². The zero-order valence-electron chi connectivity index (χ0n) is 10.5. The van der Waals surface area contributed by atoms with E-state index in [0.717, 1.165) is 12.8 Å². The minimum atomic E-state index is -4.32. The van der Waals surface area contributed by atoms with E-state index >= 15 is 0 Å². The fourth-order valence-corrected chi connectivity index (χ4v) is 2.95. The van der Waals surface area contributed by atoms with Crippen LogP contribution >= 0.6 is 7.82 Å². The Morgan fingerprint density at radius 3 is 2.31 bits per heavy atom. The maximum Gasteiger partial charge on any atom is 0.469 e. The minimum Gasteiger partial charge on any atom is -0.303 e. The Hall–Kier alpha value is 0.110. The van der Waals surface area contributed by atoms with E-state index in [0.29, 0.717) is 17.8 Å². The molecular formula is C11H23O4P. The summed E-state index contributed by atoms with van der Waals surface area (Å²) >= 11 is 0. The van der Waals surface area contributed by atoms with E-state index in [4.69, 9.17) is 14.3 Å². The quantitative estimate of drug-likeness (QED) is 0.711. The van der Waals surface area contributed by atoms with Crippen LogP contribution in [-0.2, 0) is 9.09 Å². The molecule has 1 aliphatic carbocycles. The Balaban J connectivity index is 2.55. The van der Waals surface area contributed by atoms with Crippen LogP contribution in [0.2, 0.25) is 0 Å². The topological polar surface area (TPSA) is 66.8 Å². The number of hydrogen-bond donors (Lipinski definition) is 2. The zero-order valence-corrected chi connectivity index (χ0v) is 11.4. The molecule has 4 nitrogen and oxygen atoms in total. The van der Waals surface area contributed by atoms with Crippen LogP contribution in [-0.4, -0.2) is 16.4 Å². The maximum atomic E-state index is 10.7. The van der Waals surface area contributed by atoms with Gasteiger partial charge in [0.05, 0.1) is 6.61 Å². The van der Waals surface area contributed by atoms with Crippen molar-refractivity contribution in [2.75, 3.05) is 6.61 Å². The van der Waals surface area contributed by atoms with E-state index in [1.165, 1.54) is 0 Å². The molecule has 96 valence electrons. The van der Waals surface area contributed by atoms with Crippen LogP contribution in [0.1, 0.15) is 40.5 Å². The summed E-state index contributed by atoms with van der Waals surface area (Å²) in [5.74, 6) is 1.59. The van der Waals surface area contributed by atoms with Crippen molar-refractivity contribution in [3.63, 3.8) is 0 Å². The third kappa shape index (κ3) is 3.56. The predicted molar refractivity (Wildman–Crippen MR) is 62.8 cm³/mol.